The SMILES string of the molecule is COC(=O)c1ccc(OCC(=O)NCc2ccco2)c([N+](=O)[O-])c1. The molecule has 1 heterocycles. The van der Waals surface area contributed by atoms with E-state index in [4.69, 9.17) is 9.15 Å². The van der Waals surface area contributed by atoms with Gasteiger partial charge in [0.25, 0.3) is 5.91 Å². The normalized spacial score (nSPS) is 10.0. The molecule has 0 aliphatic rings. The van der Waals surface area contributed by atoms with E-state index >= 15 is 0 Å². The minimum absolute atomic E-state index is 0.0128. The van der Waals surface area contributed by atoms with Crippen LogP contribution >= 0.6 is 0 Å². The molecule has 1 aromatic heterocycles. The van der Waals surface area contributed by atoms with Gasteiger partial charge in [-0.2, -0.15) is 0 Å². The maximum absolute atomic E-state index is 11.7. The number of hydrogen-bond donors (Lipinski definition) is 1. The second kappa shape index (κ2) is 7.77. The molecule has 24 heavy (non-hydrogen) atoms. The minimum atomic E-state index is -0.708. The molecule has 1 amide bonds. The van der Waals surface area contributed by atoms with Crippen LogP contribution in [0, 0.1) is 10.1 Å². The maximum atomic E-state index is 11.7. The largest absolute Gasteiger partial charge is 0.477 e. The Morgan fingerprint density at radius 3 is 2.75 bits per heavy atom. The molecule has 0 radical (unpaired) electrons. The summed E-state index contributed by atoms with van der Waals surface area (Å²) in [5, 5.41) is 13.6. The number of ether oxygens (including phenoxy) is 2. The number of hydrogen-bond acceptors (Lipinski definition) is 7. The van der Waals surface area contributed by atoms with Gasteiger partial charge in [-0.1, -0.05) is 0 Å². The van der Waals surface area contributed by atoms with Crippen molar-refractivity contribution in [3.8, 4) is 5.75 Å². The summed E-state index contributed by atoms with van der Waals surface area (Å²) in [6, 6.07) is 6.96. The predicted octanol–water partition coefficient (Wildman–Crippen LogP) is 1.67. The smallest absolute Gasteiger partial charge is 0.338 e. The van der Waals surface area contributed by atoms with E-state index in [0.29, 0.717) is 5.76 Å². The van der Waals surface area contributed by atoms with E-state index in [2.05, 4.69) is 10.1 Å². The van der Waals surface area contributed by atoms with Crippen LogP contribution in [0.25, 0.3) is 0 Å². The Labute approximate surface area is 136 Å². The summed E-state index contributed by atoms with van der Waals surface area (Å²) < 4.78 is 14.7. The van der Waals surface area contributed by atoms with Gasteiger partial charge in [-0.3, -0.25) is 14.9 Å². The predicted molar refractivity (Wildman–Crippen MR) is 80.5 cm³/mol. The van der Waals surface area contributed by atoms with Gasteiger partial charge in [0.2, 0.25) is 0 Å². The summed E-state index contributed by atoms with van der Waals surface area (Å²) in [6.07, 6.45) is 1.48. The van der Waals surface area contributed by atoms with Crippen LogP contribution in [0.2, 0.25) is 0 Å². The summed E-state index contributed by atoms with van der Waals surface area (Å²) in [6.45, 7) is -0.238. The standard InChI is InChI=1S/C15H14N2O7/c1-22-15(19)10-4-5-13(12(7-10)17(20)21)24-9-14(18)16-8-11-3-2-6-23-11/h2-7H,8-9H2,1H3,(H,16,18). The van der Waals surface area contributed by atoms with Crippen LogP contribution in [-0.4, -0.2) is 30.5 Å². The average Bonchev–Trinajstić information content (AvgIpc) is 3.10. The molecule has 0 saturated carbocycles. The molecule has 0 aliphatic heterocycles. The van der Waals surface area contributed by atoms with Crippen LogP contribution in [0.3, 0.4) is 0 Å². The number of nitro groups is 1. The van der Waals surface area contributed by atoms with Crippen molar-refractivity contribution in [2.45, 2.75) is 6.54 Å². The molecule has 0 aliphatic carbocycles. The zero-order valence-electron chi connectivity index (χ0n) is 12.7. The van der Waals surface area contributed by atoms with Crippen molar-refractivity contribution in [1.82, 2.24) is 5.32 Å². The molecule has 0 atom stereocenters. The van der Waals surface area contributed by atoms with E-state index < -0.39 is 29.1 Å². The van der Waals surface area contributed by atoms with Crippen molar-refractivity contribution in [2.24, 2.45) is 0 Å². The van der Waals surface area contributed by atoms with E-state index in [0.717, 1.165) is 6.07 Å². The highest BCUT2D eigenvalue weighted by molar-refractivity contribution is 5.90. The van der Waals surface area contributed by atoms with Gasteiger partial charge < -0.3 is 19.2 Å². The van der Waals surface area contributed by atoms with Crippen LogP contribution in [0.5, 0.6) is 5.75 Å². The lowest BCUT2D eigenvalue weighted by Gasteiger charge is -2.08. The number of nitrogens with zero attached hydrogens (tertiary/aromatic N) is 1. The minimum Gasteiger partial charge on any atom is -0.477 e. The molecule has 9 nitrogen and oxygen atoms in total. The zero-order chi connectivity index (χ0) is 17.5. The second-order valence-corrected chi connectivity index (χ2v) is 4.58. The molecule has 2 rings (SSSR count). The zero-order valence-corrected chi connectivity index (χ0v) is 12.7. The van der Waals surface area contributed by atoms with Gasteiger partial charge in [0.15, 0.2) is 12.4 Å². The Kier molecular flexibility index (Phi) is 5.50. The number of carbonyl (C=O) groups is 2. The first-order valence-corrected chi connectivity index (χ1v) is 6.80. The highest BCUT2D eigenvalue weighted by atomic mass is 16.6. The summed E-state index contributed by atoms with van der Waals surface area (Å²) in [4.78, 5) is 33.5. The van der Waals surface area contributed by atoms with E-state index in [-0.39, 0.29) is 17.9 Å². The third-order valence-corrected chi connectivity index (χ3v) is 2.98. The van der Waals surface area contributed by atoms with Crippen LogP contribution < -0.4 is 10.1 Å². The molecule has 0 saturated heterocycles. The average molecular weight is 334 g/mol. The number of amides is 1. The third kappa shape index (κ3) is 4.32. The summed E-state index contributed by atoms with van der Waals surface area (Å²) in [5.41, 5.74) is -0.421. The van der Waals surface area contributed by atoms with Gasteiger partial charge in [0.05, 0.1) is 30.4 Å². The molecule has 1 aromatic carbocycles. The van der Waals surface area contributed by atoms with Gasteiger partial charge in [-0.15, -0.1) is 0 Å². The van der Waals surface area contributed by atoms with Crippen molar-refractivity contribution in [3.63, 3.8) is 0 Å². The molecular weight excluding hydrogens is 320 g/mol. The monoisotopic (exact) mass is 334 g/mol. The first-order valence-electron chi connectivity index (χ1n) is 6.80. The van der Waals surface area contributed by atoms with Crippen molar-refractivity contribution in [3.05, 3.63) is 58.0 Å². The van der Waals surface area contributed by atoms with Crippen molar-refractivity contribution in [2.75, 3.05) is 13.7 Å². The van der Waals surface area contributed by atoms with Crippen molar-refractivity contribution >= 4 is 17.6 Å². The Balaban J connectivity index is 1.99. The number of benzene rings is 1. The van der Waals surface area contributed by atoms with E-state index in [9.17, 15) is 19.7 Å². The number of furan rings is 1. The number of carbonyl (C=O) groups excluding carboxylic acids is 2. The van der Waals surface area contributed by atoms with Crippen LogP contribution in [0.1, 0.15) is 16.1 Å². The molecule has 1 N–H and O–H groups in total. The molecule has 0 unspecified atom stereocenters. The first kappa shape index (κ1) is 17.0. The van der Waals surface area contributed by atoms with Gasteiger partial charge in [0.1, 0.15) is 5.76 Å². The Morgan fingerprint density at radius 2 is 2.12 bits per heavy atom. The van der Waals surface area contributed by atoms with Crippen molar-refractivity contribution in [1.29, 1.82) is 0 Å². The van der Waals surface area contributed by atoms with Gasteiger partial charge in [-0.25, -0.2) is 4.79 Å². The number of esters is 1. The van der Waals surface area contributed by atoms with E-state index in [1.54, 1.807) is 12.1 Å². The Bertz CT molecular complexity index is 740. The topological polar surface area (TPSA) is 121 Å². The quantitative estimate of drug-likeness (QED) is 0.464. The molecule has 9 heteroatoms. The summed E-state index contributed by atoms with van der Waals surface area (Å²) >= 11 is 0. The fraction of sp³-hybridized carbons (Fsp3) is 0.200. The number of rotatable bonds is 7. The van der Waals surface area contributed by atoms with Crippen molar-refractivity contribution < 1.29 is 28.4 Å². The second-order valence-electron chi connectivity index (χ2n) is 4.58. The molecule has 2 aromatic rings. The molecule has 0 fully saturated rings. The highest BCUT2D eigenvalue weighted by Crippen LogP contribution is 2.28. The molecule has 0 spiro atoms. The van der Waals surface area contributed by atoms with Gasteiger partial charge in [-0.05, 0) is 24.3 Å². The lowest BCUT2D eigenvalue weighted by Crippen LogP contribution is -2.28. The summed E-state index contributed by atoms with van der Waals surface area (Å²) in [5.74, 6) is -0.740. The molecule has 126 valence electrons. The molecule has 0 bridgehead atoms. The fourth-order valence-corrected chi connectivity index (χ4v) is 1.82. The van der Waals surface area contributed by atoms with Crippen LogP contribution in [-0.2, 0) is 16.1 Å². The number of nitro benzene ring substituents is 1. The van der Waals surface area contributed by atoms with E-state index in [1.165, 1.54) is 25.5 Å². The van der Waals surface area contributed by atoms with Crippen LogP contribution in [0.15, 0.2) is 41.0 Å². The lowest BCUT2D eigenvalue weighted by atomic mass is 10.2. The molecular formula is C15H14N2O7. The number of methoxy groups -OCH3 is 1. The Morgan fingerprint density at radius 1 is 1.33 bits per heavy atom. The first-order chi connectivity index (χ1) is 11.5. The fourth-order valence-electron chi connectivity index (χ4n) is 1.82. The number of nitrogens with one attached hydrogen (secondary N) is 1. The summed E-state index contributed by atoms with van der Waals surface area (Å²) in [7, 11) is 1.17. The van der Waals surface area contributed by atoms with Gasteiger partial charge >= 0.3 is 11.7 Å². The third-order valence-electron chi connectivity index (χ3n) is 2.98. The van der Waals surface area contributed by atoms with E-state index in [1.807, 2.05) is 0 Å². The Hall–Kier alpha value is -3.36. The van der Waals surface area contributed by atoms with Crippen LogP contribution in [0.4, 0.5) is 5.69 Å². The lowest BCUT2D eigenvalue weighted by molar-refractivity contribution is -0.385. The maximum Gasteiger partial charge on any atom is 0.338 e. The highest BCUT2D eigenvalue weighted by Gasteiger charge is 2.20. The van der Waals surface area contributed by atoms with Gasteiger partial charge in [0, 0.05) is 6.07 Å².